The van der Waals surface area contributed by atoms with Crippen LogP contribution >= 0.6 is 50.4 Å². The van der Waals surface area contributed by atoms with Gasteiger partial charge in [-0.2, -0.15) is 0 Å². The molecular weight excluding hydrogens is 370 g/mol. The van der Waals surface area contributed by atoms with E-state index in [1.165, 1.54) is 0 Å². The Hall–Kier alpha value is 0.120. The van der Waals surface area contributed by atoms with Crippen LogP contribution in [0, 0.1) is 0 Å². The van der Waals surface area contributed by atoms with Crippen LogP contribution in [0.1, 0.15) is 0 Å². The standard InChI is InChI=1S/C12H8Br2ClP/c13-9-3-1-5-11(7-9)16(15)12-6-2-4-10(14)8-12/h1-8H. The van der Waals surface area contributed by atoms with Gasteiger partial charge < -0.3 is 0 Å². The van der Waals surface area contributed by atoms with Gasteiger partial charge in [0, 0.05) is 8.95 Å². The van der Waals surface area contributed by atoms with Crippen LogP contribution in [0.5, 0.6) is 0 Å². The number of hydrogen-bond acceptors (Lipinski definition) is 0. The minimum atomic E-state index is -0.791. The maximum absolute atomic E-state index is 6.50. The molecule has 0 bridgehead atoms. The van der Waals surface area contributed by atoms with Crippen molar-refractivity contribution in [3.8, 4) is 0 Å². The summed E-state index contributed by atoms with van der Waals surface area (Å²) in [6.45, 7) is 0. The van der Waals surface area contributed by atoms with Crippen molar-refractivity contribution in [3.05, 3.63) is 57.5 Å². The van der Waals surface area contributed by atoms with Crippen molar-refractivity contribution in [2.24, 2.45) is 0 Å². The van der Waals surface area contributed by atoms with Crippen LogP contribution in [0.2, 0.25) is 0 Å². The molecule has 82 valence electrons. The van der Waals surface area contributed by atoms with Crippen molar-refractivity contribution in [3.63, 3.8) is 0 Å². The first kappa shape index (κ1) is 12.6. The van der Waals surface area contributed by atoms with E-state index in [1.807, 2.05) is 24.3 Å². The molecule has 0 N–H and O–H groups in total. The van der Waals surface area contributed by atoms with Crippen molar-refractivity contribution < 1.29 is 0 Å². The maximum Gasteiger partial charge on any atom is 0.0525 e. The first-order valence-electron chi connectivity index (χ1n) is 4.64. The van der Waals surface area contributed by atoms with Crippen LogP contribution in [0.3, 0.4) is 0 Å². The molecule has 2 rings (SSSR count). The molecule has 0 aliphatic rings. The summed E-state index contributed by atoms with van der Waals surface area (Å²) in [7, 11) is -0.791. The third-order valence-electron chi connectivity index (χ3n) is 2.07. The fourth-order valence-corrected chi connectivity index (χ4v) is 4.37. The molecule has 0 heterocycles. The van der Waals surface area contributed by atoms with Gasteiger partial charge in [-0.3, -0.25) is 0 Å². The van der Waals surface area contributed by atoms with Crippen molar-refractivity contribution in [1.29, 1.82) is 0 Å². The summed E-state index contributed by atoms with van der Waals surface area (Å²) in [5.41, 5.74) is 0. The van der Waals surface area contributed by atoms with E-state index >= 15 is 0 Å². The Morgan fingerprint density at radius 2 is 1.25 bits per heavy atom. The molecule has 0 aliphatic heterocycles. The summed E-state index contributed by atoms with van der Waals surface area (Å²) in [5.74, 6) is 0. The van der Waals surface area contributed by atoms with Crippen LogP contribution in [-0.2, 0) is 0 Å². The molecule has 0 aromatic heterocycles. The summed E-state index contributed by atoms with van der Waals surface area (Å²) >= 11 is 13.4. The van der Waals surface area contributed by atoms with E-state index in [0.29, 0.717) is 0 Å². The lowest BCUT2D eigenvalue weighted by molar-refractivity contribution is 1.69. The van der Waals surface area contributed by atoms with Crippen molar-refractivity contribution in [2.45, 2.75) is 0 Å². The Balaban J connectivity index is 2.35. The average molecular weight is 378 g/mol. The minimum Gasteiger partial charge on any atom is -0.0859 e. The molecule has 0 fully saturated rings. The molecule has 0 aliphatic carbocycles. The van der Waals surface area contributed by atoms with Gasteiger partial charge in [-0.25, -0.2) is 0 Å². The van der Waals surface area contributed by atoms with Crippen LogP contribution < -0.4 is 10.6 Å². The quantitative estimate of drug-likeness (QED) is 0.659. The monoisotopic (exact) mass is 376 g/mol. The highest BCUT2D eigenvalue weighted by Crippen LogP contribution is 2.39. The summed E-state index contributed by atoms with van der Waals surface area (Å²) in [5, 5.41) is 2.31. The van der Waals surface area contributed by atoms with Gasteiger partial charge in [0.25, 0.3) is 0 Å². The van der Waals surface area contributed by atoms with Crippen molar-refractivity contribution in [1.82, 2.24) is 0 Å². The van der Waals surface area contributed by atoms with E-state index in [0.717, 1.165) is 19.6 Å². The third kappa shape index (κ3) is 3.07. The zero-order chi connectivity index (χ0) is 11.5. The van der Waals surface area contributed by atoms with Gasteiger partial charge in [0.05, 0.1) is 7.27 Å². The van der Waals surface area contributed by atoms with Crippen molar-refractivity contribution >= 4 is 61.0 Å². The Morgan fingerprint density at radius 3 is 1.62 bits per heavy atom. The van der Waals surface area contributed by atoms with Gasteiger partial charge >= 0.3 is 0 Å². The Labute approximate surface area is 118 Å². The fourth-order valence-electron chi connectivity index (χ4n) is 1.35. The summed E-state index contributed by atoms with van der Waals surface area (Å²) < 4.78 is 2.13. The predicted molar refractivity (Wildman–Crippen MR) is 80.3 cm³/mol. The maximum atomic E-state index is 6.50. The Kier molecular flexibility index (Phi) is 4.43. The predicted octanol–water partition coefficient (Wildman–Crippen LogP) is 4.80. The van der Waals surface area contributed by atoms with Gasteiger partial charge in [0.2, 0.25) is 0 Å². The van der Waals surface area contributed by atoms with Gasteiger partial charge in [-0.15, -0.1) is 0 Å². The van der Waals surface area contributed by atoms with E-state index in [4.69, 9.17) is 11.2 Å². The van der Waals surface area contributed by atoms with Crippen molar-refractivity contribution in [2.75, 3.05) is 0 Å². The Morgan fingerprint density at radius 1 is 0.812 bits per heavy atom. The molecule has 2 aromatic rings. The van der Waals surface area contributed by atoms with E-state index in [1.54, 1.807) is 0 Å². The second kappa shape index (κ2) is 5.64. The summed E-state index contributed by atoms with van der Waals surface area (Å²) in [4.78, 5) is 0. The smallest absolute Gasteiger partial charge is 0.0525 e. The molecule has 4 heteroatoms. The number of halogens is 3. The molecule has 0 amide bonds. The SMILES string of the molecule is ClP(c1cccc(Br)c1)c1cccc(Br)c1. The number of rotatable bonds is 2. The third-order valence-corrected chi connectivity index (χ3v) is 5.69. The van der Waals surface area contributed by atoms with Gasteiger partial charge in [0.15, 0.2) is 0 Å². The largest absolute Gasteiger partial charge is 0.0859 e. The van der Waals surface area contributed by atoms with E-state index in [-0.39, 0.29) is 0 Å². The number of benzene rings is 2. The molecule has 0 radical (unpaired) electrons. The first-order valence-corrected chi connectivity index (χ1v) is 8.47. The van der Waals surface area contributed by atoms with E-state index < -0.39 is 7.27 Å². The molecule has 0 saturated heterocycles. The summed E-state index contributed by atoms with van der Waals surface area (Å²) in [6.07, 6.45) is 0. The highest BCUT2D eigenvalue weighted by molar-refractivity contribution is 9.10. The molecule has 16 heavy (non-hydrogen) atoms. The molecular formula is C12H8Br2ClP. The lowest BCUT2D eigenvalue weighted by atomic mass is 10.4. The molecule has 0 unspecified atom stereocenters. The highest BCUT2D eigenvalue weighted by Gasteiger charge is 2.10. The van der Waals surface area contributed by atoms with Crippen LogP contribution in [0.15, 0.2) is 57.5 Å². The zero-order valence-electron chi connectivity index (χ0n) is 8.20. The van der Waals surface area contributed by atoms with E-state index in [2.05, 4.69) is 56.1 Å². The fraction of sp³-hybridized carbons (Fsp3) is 0. The second-order valence-corrected chi connectivity index (χ2v) is 7.68. The van der Waals surface area contributed by atoms with Crippen LogP contribution in [0.4, 0.5) is 0 Å². The van der Waals surface area contributed by atoms with Gasteiger partial charge in [-0.1, -0.05) is 67.4 Å². The first-order chi connectivity index (χ1) is 7.66. The average Bonchev–Trinajstić information content (AvgIpc) is 2.28. The van der Waals surface area contributed by atoms with E-state index in [9.17, 15) is 0 Å². The lowest BCUT2D eigenvalue weighted by Gasteiger charge is -2.10. The number of hydrogen-bond donors (Lipinski definition) is 0. The summed E-state index contributed by atoms with van der Waals surface area (Å²) in [6, 6.07) is 16.3. The topological polar surface area (TPSA) is 0 Å². The lowest BCUT2D eigenvalue weighted by Crippen LogP contribution is -2.07. The van der Waals surface area contributed by atoms with Gasteiger partial charge in [-0.05, 0) is 34.9 Å². The van der Waals surface area contributed by atoms with Crippen LogP contribution in [0.25, 0.3) is 0 Å². The normalized spacial score (nSPS) is 10.8. The van der Waals surface area contributed by atoms with Gasteiger partial charge in [0.1, 0.15) is 0 Å². The molecule has 0 saturated carbocycles. The highest BCUT2D eigenvalue weighted by atomic mass is 79.9. The minimum absolute atomic E-state index is 0.791. The molecule has 0 atom stereocenters. The van der Waals surface area contributed by atoms with Crippen LogP contribution in [-0.4, -0.2) is 0 Å². The zero-order valence-corrected chi connectivity index (χ0v) is 13.0. The molecule has 2 aromatic carbocycles. The Bertz CT molecular complexity index is 456. The second-order valence-electron chi connectivity index (χ2n) is 3.24. The molecule has 0 spiro atoms. The molecule has 0 nitrogen and oxygen atoms in total.